The van der Waals surface area contributed by atoms with E-state index in [0.29, 0.717) is 12.5 Å². The second kappa shape index (κ2) is 3.23. The number of β-amino-alcohol motifs (C(OH)–C–C–N with tert-alkyl or cyclic N) is 1. The van der Waals surface area contributed by atoms with Gasteiger partial charge in [-0.1, -0.05) is 6.92 Å². The molecule has 0 aromatic heterocycles. The van der Waals surface area contributed by atoms with E-state index in [-0.39, 0.29) is 11.8 Å². The van der Waals surface area contributed by atoms with Crippen LogP contribution in [0.3, 0.4) is 0 Å². The summed E-state index contributed by atoms with van der Waals surface area (Å²) in [6.07, 6.45) is 2.79. The summed E-state index contributed by atoms with van der Waals surface area (Å²) in [5.41, 5.74) is -0.661. The van der Waals surface area contributed by atoms with E-state index >= 15 is 0 Å². The zero-order valence-electron chi connectivity index (χ0n) is 8.99. The largest absolute Gasteiger partial charge is 0.388 e. The van der Waals surface area contributed by atoms with E-state index in [9.17, 15) is 9.90 Å². The standard InChI is InChI=1S/C11H19NO2/c1-8-6-9(8)10(13)12-5-3-4-11(2,14)7-12/h8-9,14H,3-7H2,1-2H3. The Morgan fingerprint density at radius 2 is 2.21 bits per heavy atom. The molecule has 2 fully saturated rings. The van der Waals surface area contributed by atoms with Gasteiger partial charge in [-0.3, -0.25) is 4.79 Å². The summed E-state index contributed by atoms with van der Waals surface area (Å²) in [7, 11) is 0. The molecule has 1 saturated heterocycles. The van der Waals surface area contributed by atoms with Crippen molar-refractivity contribution in [3.63, 3.8) is 0 Å². The molecule has 3 nitrogen and oxygen atoms in total. The number of hydrogen-bond acceptors (Lipinski definition) is 2. The molecular weight excluding hydrogens is 178 g/mol. The molecule has 1 amide bonds. The van der Waals surface area contributed by atoms with Crippen LogP contribution in [0.25, 0.3) is 0 Å². The van der Waals surface area contributed by atoms with Crippen molar-refractivity contribution in [3.05, 3.63) is 0 Å². The second-order valence-electron chi connectivity index (χ2n) is 5.18. The average Bonchev–Trinajstić information content (AvgIpc) is 2.79. The average molecular weight is 197 g/mol. The van der Waals surface area contributed by atoms with Crippen molar-refractivity contribution in [2.45, 2.75) is 38.7 Å². The van der Waals surface area contributed by atoms with Crippen LogP contribution in [0.4, 0.5) is 0 Å². The number of amides is 1. The van der Waals surface area contributed by atoms with Crippen molar-refractivity contribution < 1.29 is 9.90 Å². The number of carbonyl (C=O) groups excluding carboxylic acids is 1. The molecular formula is C11H19NO2. The van der Waals surface area contributed by atoms with Gasteiger partial charge in [0.2, 0.25) is 5.91 Å². The zero-order valence-corrected chi connectivity index (χ0v) is 8.99. The zero-order chi connectivity index (χ0) is 10.3. The molecule has 3 atom stereocenters. The second-order valence-corrected chi connectivity index (χ2v) is 5.18. The van der Waals surface area contributed by atoms with E-state index in [0.717, 1.165) is 25.8 Å². The van der Waals surface area contributed by atoms with E-state index < -0.39 is 5.60 Å². The first-order chi connectivity index (χ1) is 6.49. The minimum absolute atomic E-state index is 0.254. The van der Waals surface area contributed by atoms with Crippen molar-refractivity contribution in [3.8, 4) is 0 Å². The maximum absolute atomic E-state index is 11.9. The Kier molecular flexibility index (Phi) is 2.30. The molecule has 0 radical (unpaired) electrons. The Morgan fingerprint density at radius 3 is 2.71 bits per heavy atom. The first kappa shape index (κ1) is 9.97. The quantitative estimate of drug-likeness (QED) is 0.681. The first-order valence-corrected chi connectivity index (χ1v) is 5.51. The van der Waals surface area contributed by atoms with Gasteiger partial charge in [0.1, 0.15) is 0 Å². The molecule has 2 rings (SSSR count). The smallest absolute Gasteiger partial charge is 0.226 e. The van der Waals surface area contributed by atoms with Gasteiger partial charge in [-0.15, -0.1) is 0 Å². The molecule has 0 aromatic rings. The Balaban J connectivity index is 1.94. The van der Waals surface area contributed by atoms with Crippen LogP contribution in [-0.2, 0) is 4.79 Å². The van der Waals surface area contributed by atoms with Crippen LogP contribution in [-0.4, -0.2) is 34.6 Å². The molecule has 1 aliphatic heterocycles. The minimum Gasteiger partial charge on any atom is -0.388 e. The SMILES string of the molecule is CC1CC1C(=O)N1CCCC(C)(O)C1. The number of carbonyl (C=O) groups is 1. The third kappa shape index (κ3) is 1.92. The fourth-order valence-corrected chi connectivity index (χ4v) is 2.31. The van der Waals surface area contributed by atoms with Crippen LogP contribution in [0, 0.1) is 11.8 Å². The monoisotopic (exact) mass is 197 g/mol. The van der Waals surface area contributed by atoms with Crippen molar-refractivity contribution >= 4 is 5.91 Å². The predicted octanol–water partition coefficient (Wildman–Crippen LogP) is 1.02. The summed E-state index contributed by atoms with van der Waals surface area (Å²) < 4.78 is 0. The van der Waals surface area contributed by atoms with Gasteiger partial charge in [0.05, 0.1) is 5.60 Å². The lowest BCUT2D eigenvalue weighted by Crippen LogP contribution is -2.49. The lowest BCUT2D eigenvalue weighted by molar-refractivity contribution is -0.139. The van der Waals surface area contributed by atoms with E-state index in [4.69, 9.17) is 0 Å². The summed E-state index contributed by atoms with van der Waals surface area (Å²) in [6.45, 7) is 5.29. The molecule has 3 unspecified atom stereocenters. The van der Waals surface area contributed by atoms with Gasteiger partial charge in [0.25, 0.3) is 0 Å². The topological polar surface area (TPSA) is 40.5 Å². The van der Waals surface area contributed by atoms with E-state index in [1.807, 2.05) is 11.8 Å². The van der Waals surface area contributed by atoms with E-state index in [1.54, 1.807) is 0 Å². The van der Waals surface area contributed by atoms with Crippen LogP contribution in [0.5, 0.6) is 0 Å². The molecule has 0 bridgehead atoms. The molecule has 80 valence electrons. The highest BCUT2D eigenvalue weighted by Gasteiger charge is 2.43. The fraction of sp³-hybridized carbons (Fsp3) is 0.909. The molecule has 1 aliphatic carbocycles. The number of piperidine rings is 1. The number of hydrogen-bond donors (Lipinski definition) is 1. The van der Waals surface area contributed by atoms with Gasteiger partial charge in [0.15, 0.2) is 0 Å². The molecule has 0 aromatic carbocycles. The van der Waals surface area contributed by atoms with Gasteiger partial charge < -0.3 is 10.0 Å². The molecule has 2 aliphatic rings. The third-order valence-corrected chi connectivity index (χ3v) is 3.41. The Labute approximate surface area is 85.1 Å². The maximum Gasteiger partial charge on any atom is 0.226 e. The summed E-state index contributed by atoms with van der Waals surface area (Å²) in [6, 6.07) is 0. The minimum atomic E-state index is -0.661. The van der Waals surface area contributed by atoms with Crippen molar-refractivity contribution in [1.82, 2.24) is 4.90 Å². The Bertz CT molecular complexity index is 250. The predicted molar refractivity (Wildman–Crippen MR) is 53.7 cm³/mol. The number of rotatable bonds is 1. The Hall–Kier alpha value is -0.570. The molecule has 1 heterocycles. The third-order valence-electron chi connectivity index (χ3n) is 3.41. The van der Waals surface area contributed by atoms with Crippen LogP contribution in [0.15, 0.2) is 0 Å². The van der Waals surface area contributed by atoms with Crippen molar-refractivity contribution in [2.24, 2.45) is 11.8 Å². The number of nitrogens with zero attached hydrogens (tertiary/aromatic N) is 1. The molecule has 14 heavy (non-hydrogen) atoms. The highest BCUT2D eigenvalue weighted by molar-refractivity contribution is 5.81. The van der Waals surface area contributed by atoms with Gasteiger partial charge >= 0.3 is 0 Å². The van der Waals surface area contributed by atoms with Crippen LogP contribution < -0.4 is 0 Å². The number of aliphatic hydroxyl groups is 1. The Morgan fingerprint density at radius 1 is 1.57 bits per heavy atom. The van der Waals surface area contributed by atoms with Gasteiger partial charge in [-0.25, -0.2) is 0 Å². The molecule has 1 saturated carbocycles. The highest BCUT2D eigenvalue weighted by atomic mass is 16.3. The normalized spacial score (nSPS) is 42.4. The van der Waals surface area contributed by atoms with Crippen molar-refractivity contribution in [2.75, 3.05) is 13.1 Å². The lowest BCUT2D eigenvalue weighted by Gasteiger charge is -2.37. The molecule has 1 N–H and O–H groups in total. The van der Waals surface area contributed by atoms with E-state index in [2.05, 4.69) is 6.92 Å². The summed E-state index contributed by atoms with van der Waals surface area (Å²) in [4.78, 5) is 13.7. The fourth-order valence-electron chi connectivity index (χ4n) is 2.31. The first-order valence-electron chi connectivity index (χ1n) is 5.51. The number of likely N-dealkylation sites (tertiary alicyclic amines) is 1. The molecule has 0 spiro atoms. The van der Waals surface area contributed by atoms with Crippen LogP contribution in [0.2, 0.25) is 0 Å². The highest BCUT2D eigenvalue weighted by Crippen LogP contribution is 2.40. The summed E-state index contributed by atoms with van der Waals surface area (Å²) >= 11 is 0. The summed E-state index contributed by atoms with van der Waals surface area (Å²) in [5, 5.41) is 9.87. The van der Waals surface area contributed by atoms with Gasteiger partial charge in [-0.05, 0) is 32.1 Å². The molecule has 3 heteroatoms. The summed E-state index contributed by atoms with van der Waals surface area (Å²) in [5.74, 6) is 1.08. The van der Waals surface area contributed by atoms with Crippen molar-refractivity contribution in [1.29, 1.82) is 0 Å². The van der Waals surface area contributed by atoms with Gasteiger partial charge in [-0.2, -0.15) is 0 Å². The van der Waals surface area contributed by atoms with Crippen LogP contribution in [0.1, 0.15) is 33.1 Å². The van der Waals surface area contributed by atoms with E-state index in [1.165, 1.54) is 0 Å². The van der Waals surface area contributed by atoms with Gasteiger partial charge in [0, 0.05) is 19.0 Å². The van der Waals surface area contributed by atoms with Crippen LogP contribution >= 0.6 is 0 Å². The lowest BCUT2D eigenvalue weighted by atomic mass is 9.95. The maximum atomic E-state index is 11.9.